The second-order valence-corrected chi connectivity index (χ2v) is 10.8. The van der Waals surface area contributed by atoms with Gasteiger partial charge in [0.2, 0.25) is 5.91 Å². The van der Waals surface area contributed by atoms with Gasteiger partial charge in [-0.05, 0) is 35.1 Å². The third-order valence-electron chi connectivity index (χ3n) is 8.09. The van der Waals surface area contributed by atoms with Gasteiger partial charge < -0.3 is 19.1 Å². The van der Waals surface area contributed by atoms with E-state index in [1.807, 2.05) is 84.9 Å². The summed E-state index contributed by atoms with van der Waals surface area (Å²) in [5, 5.41) is 0. The van der Waals surface area contributed by atoms with Crippen LogP contribution < -0.4 is 0 Å². The molecule has 0 bridgehead atoms. The van der Waals surface area contributed by atoms with Gasteiger partial charge in [-0.25, -0.2) is 4.79 Å². The maximum atomic E-state index is 14.7. The Balaban J connectivity index is 1.49. The Morgan fingerprint density at radius 2 is 1.54 bits per heavy atom. The standard InChI is InChI=1S/C33H36N2O6/c1-39-22-29(25-13-7-4-8-14-25)35(23-33(17-18-33)31(37)40-2)30(36)28-19-26-15-9-10-16-27(26)20-34(28)32(38)41-21-24-11-5-3-6-12-24/h3-16,28-29H,17-23H2,1-2H3/t28-,29+/m0/s1. The number of benzene rings is 3. The van der Waals surface area contributed by atoms with Crippen LogP contribution in [0, 0.1) is 5.41 Å². The summed E-state index contributed by atoms with van der Waals surface area (Å²) in [7, 11) is 2.97. The predicted molar refractivity (Wildman–Crippen MR) is 153 cm³/mol. The average Bonchev–Trinajstić information content (AvgIpc) is 3.82. The second-order valence-electron chi connectivity index (χ2n) is 10.8. The van der Waals surface area contributed by atoms with Crippen LogP contribution in [0.3, 0.4) is 0 Å². The van der Waals surface area contributed by atoms with Crippen molar-refractivity contribution in [1.29, 1.82) is 0 Å². The van der Waals surface area contributed by atoms with Crippen molar-refractivity contribution in [2.45, 2.75) is 44.5 Å². The molecule has 41 heavy (non-hydrogen) atoms. The van der Waals surface area contributed by atoms with Crippen molar-refractivity contribution < 1.29 is 28.6 Å². The number of ether oxygens (including phenoxy) is 3. The van der Waals surface area contributed by atoms with Gasteiger partial charge in [-0.15, -0.1) is 0 Å². The number of hydrogen-bond donors (Lipinski definition) is 0. The van der Waals surface area contributed by atoms with Crippen LogP contribution in [-0.4, -0.2) is 61.2 Å². The van der Waals surface area contributed by atoms with E-state index in [4.69, 9.17) is 14.2 Å². The number of fused-ring (bicyclic) bond motifs is 1. The first kappa shape index (κ1) is 28.4. The van der Waals surface area contributed by atoms with Crippen LogP contribution in [0.4, 0.5) is 4.79 Å². The Bertz CT molecular complexity index is 1360. The molecule has 0 saturated heterocycles. The number of esters is 1. The molecule has 1 aliphatic heterocycles. The van der Waals surface area contributed by atoms with Gasteiger partial charge in [0.1, 0.15) is 12.6 Å². The lowest BCUT2D eigenvalue weighted by Crippen LogP contribution is -2.56. The molecule has 8 heteroatoms. The molecular weight excluding hydrogens is 520 g/mol. The van der Waals surface area contributed by atoms with Gasteiger partial charge in [0, 0.05) is 20.1 Å². The van der Waals surface area contributed by atoms with E-state index in [9.17, 15) is 14.4 Å². The molecule has 3 aromatic rings. The second kappa shape index (κ2) is 12.6. The lowest BCUT2D eigenvalue weighted by molar-refractivity contribution is -0.151. The van der Waals surface area contributed by atoms with Crippen molar-refractivity contribution in [2.24, 2.45) is 5.41 Å². The van der Waals surface area contributed by atoms with E-state index in [0.29, 0.717) is 19.3 Å². The molecule has 0 radical (unpaired) electrons. The zero-order chi connectivity index (χ0) is 28.8. The maximum absolute atomic E-state index is 14.7. The number of methoxy groups -OCH3 is 2. The van der Waals surface area contributed by atoms with Gasteiger partial charge in [-0.3, -0.25) is 14.5 Å². The van der Waals surface area contributed by atoms with E-state index >= 15 is 0 Å². The molecule has 214 valence electrons. The number of hydrogen-bond acceptors (Lipinski definition) is 6. The third-order valence-corrected chi connectivity index (χ3v) is 8.09. The van der Waals surface area contributed by atoms with Gasteiger partial charge in [-0.2, -0.15) is 0 Å². The monoisotopic (exact) mass is 556 g/mol. The van der Waals surface area contributed by atoms with E-state index in [2.05, 4.69) is 0 Å². The smallest absolute Gasteiger partial charge is 0.411 e. The van der Waals surface area contributed by atoms with E-state index in [0.717, 1.165) is 22.3 Å². The number of nitrogens with zero attached hydrogens (tertiary/aromatic N) is 2. The Morgan fingerprint density at radius 3 is 2.17 bits per heavy atom. The number of carbonyl (C=O) groups excluding carboxylic acids is 3. The van der Waals surface area contributed by atoms with Crippen LogP contribution in [0.5, 0.6) is 0 Å². The normalized spacial score (nSPS) is 17.6. The lowest BCUT2D eigenvalue weighted by atomic mass is 9.92. The molecule has 2 aliphatic rings. The summed E-state index contributed by atoms with van der Waals surface area (Å²) >= 11 is 0. The molecule has 8 nitrogen and oxygen atoms in total. The largest absolute Gasteiger partial charge is 0.469 e. The van der Waals surface area contributed by atoms with Gasteiger partial charge >= 0.3 is 12.1 Å². The fourth-order valence-corrected chi connectivity index (χ4v) is 5.59. The molecule has 0 unspecified atom stereocenters. The van der Waals surface area contributed by atoms with Gasteiger partial charge in [0.15, 0.2) is 0 Å². The van der Waals surface area contributed by atoms with Gasteiger partial charge in [0.05, 0.1) is 31.7 Å². The number of carbonyl (C=O) groups is 3. The molecule has 3 aromatic carbocycles. The Hall–Kier alpha value is -4.17. The predicted octanol–water partition coefficient (Wildman–Crippen LogP) is 4.92. The average molecular weight is 557 g/mol. The Morgan fingerprint density at radius 1 is 0.902 bits per heavy atom. The molecular formula is C33H36N2O6. The van der Waals surface area contributed by atoms with Crippen LogP contribution in [0.15, 0.2) is 84.9 Å². The van der Waals surface area contributed by atoms with Crippen LogP contribution in [0.2, 0.25) is 0 Å². The summed E-state index contributed by atoms with van der Waals surface area (Å²) in [5.74, 6) is -0.579. The van der Waals surface area contributed by atoms with E-state index < -0.39 is 23.6 Å². The minimum absolute atomic E-state index is 0.101. The van der Waals surface area contributed by atoms with Crippen molar-refractivity contribution in [3.63, 3.8) is 0 Å². The first-order valence-electron chi connectivity index (χ1n) is 13.9. The highest BCUT2D eigenvalue weighted by molar-refractivity contribution is 5.88. The zero-order valence-corrected chi connectivity index (χ0v) is 23.5. The summed E-state index contributed by atoms with van der Waals surface area (Å²) in [5.41, 5.74) is 2.97. The van der Waals surface area contributed by atoms with E-state index in [1.54, 1.807) is 12.0 Å². The lowest BCUT2D eigenvalue weighted by Gasteiger charge is -2.41. The highest BCUT2D eigenvalue weighted by Crippen LogP contribution is 2.48. The van der Waals surface area contributed by atoms with Crippen molar-refractivity contribution >= 4 is 18.0 Å². The molecule has 0 spiro atoms. The fourth-order valence-electron chi connectivity index (χ4n) is 5.59. The third kappa shape index (κ3) is 6.28. The molecule has 5 rings (SSSR count). The summed E-state index contributed by atoms with van der Waals surface area (Å²) in [6.45, 7) is 0.752. The van der Waals surface area contributed by atoms with Crippen LogP contribution in [0.1, 0.15) is 41.1 Å². The quantitative estimate of drug-likeness (QED) is 0.330. The highest BCUT2D eigenvalue weighted by Gasteiger charge is 2.54. The Kier molecular flexibility index (Phi) is 8.69. The first-order chi connectivity index (χ1) is 20.0. The molecule has 2 atom stereocenters. The van der Waals surface area contributed by atoms with E-state index in [-0.39, 0.29) is 38.2 Å². The number of amides is 2. The molecule has 1 heterocycles. The SMILES string of the molecule is COC[C@H](c1ccccc1)N(CC1(C(=O)OC)CC1)C(=O)[C@@H]1Cc2ccccc2CN1C(=O)OCc1ccccc1. The molecule has 0 aromatic heterocycles. The first-order valence-corrected chi connectivity index (χ1v) is 13.9. The van der Waals surface area contributed by atoms with Crippen molar-refractivity contribution in [3.05, 3.63) is 107 Å². The minimum atomic E-state index is -0.815. The van der Waals surface area contributed by atoms with Gasteiger partial charge in [-0.1, -0.05) is 84.9 Å². The highest BCUT2D eigenvalue weighted by atomic mass is 16.6. The summed E-state index contributed by atoms with van der Waals surface area (Å²) in [4.78, 5) is 44.3. The van der Waals surface area contributed by atoms with Crippen LogP contribution >= 0.6 is 0 Å². The van der Waals surface area contributed by atoms with Crippen molar-refractivity contribution in [1.82, 2.24) is 9.80 Å². The van der Waals surface area contributed by atoms with Crippen LogP contribution in [-0.2, 0) is 43.4 Å². The summed E-state index contributed by atoms with van der Waals surface area (Å²) < 4.78 is 16.5. The molecule has 1 saturated carbocycles. The number of rotatable bonds is 10. The van der Waals surface area contributed by atoms with Crippen molar-refractivity contribution in [3.8, 4) is 0 Å². The van der Waals surface area contributed by atoms with Crippen LogP contribution in [0.25, 0.3) is 0 Å². The molecule has 1 fully saturated rings. The molecule has 0 N–H and O–H groups in total. The van der Waals surface area contributed by atoms with Crippen molar-refractivity contribution in [2.75, 3.05) is 27.4 Å². The summed E-state index contributed by atoms with van der Waals surface area (Å²) in [6, 6.07) is 25.7. The van der Waals surface area contributed by atoms with Gasteiger partial charge in [0.25, 0.3) is 0 Å². The van der Waals surface area contributed by atoms with E-state index in [1.165, 1.54) is 12.0 Å². The molecule has 2 amide bonds. The minimum Gasteiger partial charge on any atom is -0.469 e. The maximum Gasteiger partial charge on any atom is 0.411 e. The summed E-state index contributed by atoms with van der Waals surface area (Å²) in [6.07, 6.45) is 1.05. The topological polar surface area (TPSA) is 85.4 Å². The Labute approximate surface area is 240 Å². The fraction of sp³-hybridized carbons (Fsp3) is 0.364. The molecule has 1 aliphatic carbocycles. The zero-order valence-electron chi connectivity index (χ0n) is 23.5.